The Morgan fingerprint density at radius 3 is 2.15 bits per heavy atom. The number of carbonyl (C=O) groups excluding carboxylic acids is 1. The third-order valence-electron chi connectivity index (χ3n) is 5.32. The molecule has 0 saturated heterocycles. The maximum absolute atomic E-state index is 12.9. The molecule has 34 heavy (non-hydrogen) atoms. The molecule has 1 amide bonds. The number of aliphatic hydroxyl groups excluding tert-OH is 1. The quantitative estimate of drug-likeness (QED) is 0.391. The van der Waals surface area contributed by atoms with E-state index in [0.29, 0.717) is 23.6 Å². The molecule has 0 aliphatic heterocycles. The van der Waals surface area contributed by atoms with E-state index in [1.807, 2.05) is 13.0 Å². The molecule has 0 aromatic heterocycles. The van der Waals surface area contributed by atoms with Gasteiger partial charge in [-0.25, -0.2) is 8.42 Å². The third-order valence-corrected chi connectivity index (χ3v) is 7.34. The predicted octanol–water partition coefficient (Wildman–Crippen LogP) is 4.21. The third kappa shape index (κ3) is 7.04. The summed E-state index contributed by atoms with van der Waals surface area (Å²) in [5.74, 6) is -0.272. The van der Waals surface area contributed by atoms with E-state index < -0.39 is 15.9 Å². The highest BCUT2D eigenvalue weighted by Crippen LogP contribution is 2.22. The first-order chi connectivity index (χ1) is 15.7. The molecule has 0 bridgehead atoms. The first-order valence-corrected chi connectivity index (χ1v) is 12.4. The summed E-state index contributed by atoms with van der Waals surface area (Å²) in [5.41, 5.74) is 2.12. The van der Waals surface area contributed by atoms with E-state index in [0.717, 1.165) is 11.1 Å². The summed E-state index contributed by atoms with van der Waals surface area (Å²) in [7, 11) is -2.16. The van der Waals surface area contributed by atoms with Crippen molar-refractivity contribution in [3.63, 3.8) is 0 Å². The molecule has 0 fully saturated rings. The van der Waals surface area contributed by atoms with Crippen LogP contribution in [0.1, 0.15) is 34.5 Å². The monoisotopic (exact) mass is 522 g/mol. The molecular weight excluding hydrogens is 495 g/mol. The Morgan fingerprint density at radius 1 is 1.00 bits per heavy atom. The minimum Gasteiger partial charge on any atom is -0.387 e. The van der Waals surface area contributed by atoms with Crippen LogP contribution in [0.25, 0.3) is 0 Å². The maximum atomic E-state index is 12.9. The van der Waals surface area contributed by atoms with Gasteiger partial charge in [-0.1, -0.05) is 35.9 Å². The lowest BCUT2D eigenvalue weighted by atomic mass is 10.1. The highest BCUT2D eigenvalue weighted by molar-refractivity contribution is 7.91. The molecule has 0 aliphatic carbocycles. The van der Waals surface area contributed by atoms with Gasteiger partial charge < -0.3 is 15.7 Å². The summed E-state index contributed by atoms with van der Waals surface area (Å²) < 4.78 is 25.8. The van der Waals surface area contributed by atoms with E-state index in [-0.39, 0.29) is 34.1 Å². The maximum Gasteiger partial charge on any atom is 0.251 e. The first kappa shape index (κ1) is 27.8. The van der Waals surface area contributed by atoms with Gasteiger partial charge in [0.2, 0.25) is 9.84 Å². The molecule has 9 heteroatoms. The van der Waals surface area contributed by atoms with Crippen molar-refractivity contribution in [2.75, 3.05) is 13.6 Å². The Labute approximate surface area is 211 Å². The average Bonchev–Trinajstić information content (AvgIpc) is 2.82. The van der Waals surface area contributed by atoms with E-state index in [9.17, 15) is 18.3 Å². The van der Waals surface area contributed by atoms with Crippen LogP contribution in [-0.4, -0.2) is 39.1 Å². The summed E-state index contributed by atoms with van der Waals surface area (Å²) >= 11 is 5.98. The van der Waals surface area contributed by atoms with Gasteiger partial charge in [-0.15, -0.1) is 12.4 Å². The number of aliphatic hydroxyl groups is 1. The van der Waals surface area contributed by atoms with Crippen molar-refractivity contribution < 1.29 is 18.3 Å². The molecule has 3 aromatic carbocycles. The molecule has 182 valence electrons. The average molecular weight is 523 g/mol. The number of benzene rings is 3. The first-order valence-electron chi connectivity index (χ1n) is 10.5. The summed E-state index contributed by atoms with van der Waals surface area (Å²) in [6, 6.07) is 19.8. The largest absolute Gasteiger partial charge is 0.387 e. The van der Waals surface area contributed by atoms with Crippen molar-refractivity contribution in [1.29, 1.82) is 0 Å². The molecule has 6 nitrogen and oxygen atoms in total. The van der Waals surface area contributed by atoms with Gasteiger partial charge in [-0.3, -0.25) is 4.79 Å². The molecular formula is C25H28Cl2N2O4S. The highest BCUT2D eigenvalue weighted by Gasteiger charge is 2.18. The van der Waals surface area contributed by atoms with Gasteiger partial charge in [0.25, 0.3) is 5.91 Å². The van der Waals surface area contributed by atoms with Crippen molar-refractivity contribution in [1.82, 2.24) is 10.6 Å². The van der Waals surface area contributed by atoms with Crippen molar-refractivity contribution >= 4 is 39.8 Å². The van der Waals surface area contributed by atoms with Crippen LogP contribution in [0.15, 0.2) is 82.6 Å². The second kappa shape index (κ2) is 12.3. The van der Waals surface area contributed by atoms with E-state index in [1.54, 1.807) is 42.5 Å². The second-order valence-electron chi connectivity index (χ2n) is 7.84. The van der Waals surface area contributed by atoms with Crippen LogP contribution in [0.3, 0.4) is 0 Å². The molecule has 0 unspecified atom stereocenters. The van der Waals surface area contributed by atoms with Gasteiger partial charge in [0.15, 0.2) is 0 Å². The number of hydrogen-bond donors (Lipinski definition) is 3. The van der Waals surface area contributed by atoms with Crippen LogP contribution in [0.5, 0.6) is 0 Å². The molecule has 3 aromatic rings. The number of nitrogens with one attached hydrogen (secondary N) is 2. The molecule has 0 aliphatic rings. The Bertz CT molecular complexity index is 1200. The van der Waals surface area contributed by atoms with E-state index in [1.165, 1.54) is 31.3 Å². The number of carbonyl (C=O) groups is 1. The second-order valence-corrected chi connectivity index (χ2v) is 10.2. The van der Waals surface area contributed by atoms with Crippen LogP contribution in [-0.2, 0) is 16.3 Å². The standard InChI is InChI=1S/C25H27ClN2O4S.ClH/c1-17(28-16-24(29)20-4-3-5-21(26)15-20)14-18-6-10-22(11-7-18)33(31,32)23-12-8-19(9-13-23)25(30)27-2;/h3-13,15,17,24,28-29H,14,16H2,1-2H3,(H,27,30);1H/t17-,24-;/m1./s1. The summed E-state index contributed by atoms with van der Waals surface area (Å²) in [6.45, 7) is 2.38. The topological polar surface area (TPSA) is 95.5 Å². The lowest BCUT2D eigenvalue weighted by Crippen LogP contribution is -2.32. The number of hydrogen-bond acceptors (Lipinski definition) is 5. The van der Waals surface area contributed by atoms with Crippen LogP contribution in [0.4, 0.5) is 0 Å². The Balaban J connectivity index is 0.00000408. The smallest absolute Gasteiger partial charge is 0.251 e. The minimum absolute atomic E-state index is 0. The number of amides is 1. The van der Waals surface area contributed by atoms with E-state index in [4.69, 9.17) is 11.6 Å². The van der Waals surface area contributed by atoms with Crippen LogP contribution >= 0.6 is 24.0 Å². The highest BCUT2D eigenvalue weighted by atomic mass is 35.5. The lowest BCUT2D eigenvalue weighted by Gasteiger charge is -2.18. The Hall–Kier alpha value is -2.42. The molecule has 2 atom stereocenters. The molecule has 0 saturated carbocycles. The van der Waals surface area contributed by atoms with Gasteiger partial charge in [0, 0.05) is 30.2 Å². The van der Waals surface area contributed by atoms with Crippen LogP contribution in [0, 0.1) is 0 Å². The van der Waals surface area contributed by atoms with E-state index in [2.05, 4.69) is 10.6 Å². The summed E-state index contributed by atoms with van der Waals surface area (Å²) in [6.07, 6.45) is -0.00266. The molecule has 0 spiro atoms. The van der Waals surface area contributed by atoms with Crippen LogP contribution < -0.4 is 10.6 Å². The van der Waals surface area contributed by atoms with Gasteiger partial charge in [-0.2, -0.15) is 0 Å². The SMILES string of the molecule is CNC(=O)c1ccc(S(=O)(=O)c2ccc(C[C@@H](C)NC[C@@H](O)c3cccc(Cl)c3)cc2)cc1.Cl. The Kier molecular flexibility index (Phi) is 10.1. The van der Waals surface area contributed by atoms with Crippen molar-refractivity contribution in [3.05, 3.63) is 94.5 Å². The molecule has 3 rings (SSSR count). The van der Waals surface area contributed by atoms with Gasteiger partial charge in [-0.05, 0) is 73.0 Å². The predicted molar refractivity (Wildman–Crippen MR) is 137 cm³/mol. The fourth-order valence-electron chi connectivity index (χ4n) is 3.44. The van der Waals surface area contributed by atoms with Gasteiger partial charge in [0.1, 0.15) is 0 Å². The number of rotatable bonds is 9. The normalized spacial score (nSPS) is 12.9. The zero-order valence-corrected chi connectivity index (χ0v) is 21.3. The number of halogens is 2. The Morgan fingerprint density at radius 2 is 1.59 bits per heavy atom. The lowest BCUT2D eigenvalue weighted by molar-refractivity contribution is 0.0963. The fraction of sp³-hybridized carbons (Fsp3) is 0.240. The van der Waals surface area contributed by atoms with Crippen molar-refractivity contribution in [3.8, 4) is 0 Å². The molecule has 0 radical (unpaired) electrons. The van der Waals surface area contributed by atoms with E-state index >= 15 is 0 Å². The zero-order valence-electron chi connectivity index (χ0n) is 18.9. The molecule has 0 heterocycles. The zero-order chi connectivity index (χ0) is 24.0. The van der Waals surface area contributed by atoms with Crippen LogP contribution in [0.2, 0.25) is 5.02 Å². The summed E-state index contributed by atoms with van der Waals surface area (Å²) in [4.78, 5) is 12.0. The number of sulfone groups is 1. The summed E-state index contributed by atoms with van der Waals surface area (Å²) in [5, 5.41) is 16.7. The molecule has 3 N–H and O–H groups in total. The van der Waals surface area contributed by atoms with Crippen molar-refractivity contribution in [2.24, 2.45) is 0 Å². The van der Waals surface area contributed by atoms with Gasteiger partial charge in [0.05, 0.1) is 15.9 Å². The fourth-order valence-corrected chi connectivity index (χ4v) is 4.90. The minimum atomic E-state index is -3.68. The van der Waals surface area contributed by atoms with Crippen molar-refractivity contribution in [2.45, 2.75) is 35.3 Å². The van der Waals surface area contributed by atoms with Gasteiger partial charge >= 0.3 is 0 Å².